The van der Waals surface area contributed by atoms with Gasteiger partial charge in [-0.05, 0) is 35.7 Å². The maximum atomic E-state index is 12.8. The number of nitrogens with two attached hydrogens (primary N) is 1. The van der Waals surface area contributed by atoms with Gasteiger partial charge in [0.2, 0.25) is 0 Å². The standard InChI is InChI=1S/C19H22N2O3/c1-13(22)24-19(9-5-2-6-10-19)21-18(23)16-11-14-7-3-4-8-15(14)12-17(16)20/h3-4,7-8,11-12H,2,5-6,9-10,20H2,1H3,(H,21,23). The minimum atomic E-state index is -0.917. The SMILES string of the molecule is CC(=O)OC1(NC(=O)c2cc3ccccc3cc2N)CCCCC1. The van der Waals surface area contributed by atoms with Gasteiger partial charge in [0.15, 0.2) is 5.72 Å². The fraction of sp³-hybridized carbons (Fsp3) is 0.368. The van der Waals surface area contributed by atoms with Crippen LogP contribution in [0.3, 0.4) is 0 Å². The zero-order valence-electron chi connectivity index (χ0n) is 13.8. The molecule has 0 bridgehead atoms. The Morgan fingerprint density at radius 2 is 1.71 bits per heavy atom. The molecule has 126 valence electrons. The molecule has 0 spiro atoms. The highest BCUT2D eigenvalue weighted by molar-refractivity contribution is 6.04. The van der Waals surface area contributed by atoms with Crippen molar-refractivity contribution in [3.05, 3.63) is 42.0 Å². The van der Waals surface area contributed by atoms with Crippen LogP contribution in [0.1, 0.15) is 49.4 Å². The van der Waals surface area contributed by atoms with Crippen molar-refractivity contribution in [1.82, 2.24) is 5.32 Å². The molecule has 0 atom stereocenters. The first-order chi connectivity index (χ1) is 11.5. The Hall–Kier alpha value is -2.56. The summed E-state index contributed by atoms with van der Waals surface area (Å²) < 4.78 is 5.49. The van der Waals surface area contributed by atoms with Crippen molar-refractivity contribution in [3.63, 3.8) is 0 Å². The van der Waals surface area contributed by atoms with Gasteiger partial charge >= 0.3 is 5.97 Å². The summed E-state index contributed by atoms with van der Waals surface area (Å²) >= 11 is 0. The largest absolute Gasteiger partial charge is 0.439 e. The maximum absolute atomic E-state index is 12.8. The van der Waals surface area contributed by atoms with Crippen LogP contribution in [0.15, 0.2) is 36.4 Å². The van der Waals surface area contributed by atoms with Crippen LogP contribution in [0, 0.1) is 0 Å². The van der Waals surface area contributed by atoms with Crippen LogP contribution in [0.4, 0.5) is 5.69 Å². The highest BCUT2D eigenvalue weighted by Gasteiger charge is 2.37. The predicted octanol–water partition coefficient (Wildman–Crippen LogP) is 3.38. The lowest BCUT2D eigenvalue weighted by molar-refractivity contribution is -0.163. The molecule has 1 amide bonds. The van der Waals surface area contributed by atoms with Crippen LogP contribution in [0.25, 0.3) is 10.8 Å². The number of anilines is 1. The number of nitrogens with one attached hydrogen (secondary N) is 1. The molecular formula is C19H22N2O3. The Morgan fingerprint density at radius 1 is 1.08 bits per heavy atom. The van der Waals surface area contributed by atoms with Crippen molar-refractivity contribution in [2.24, 2.45) is 0 Å². The molecule has 0 unspecified atom stereocenters. The number of benzene rings is 2. The molecule has 24 heavy (non-hydrogen) atoms. The van der Waals surface area contributed by atoms with E-state index in [1.807, 2.05) is 24.3 Å². The van der Waals surface area contributed by atoms with Gasteiger partial charge < -0.3 is 15.8 Å². The molecule has 5 heteroatoms. The van der Waals surface area contributed by atoms with Gasteiger partial charge in [0.25, 0.3) is 5.91 Å². The van der Waals surface area contributed by atoms with E-state index >= 15 is 0 Å². The molecule has 1 aliphatic rings. The number of carbonyl (C=O) groups excluding carboxylic acids is 2. The van der Waals surface area contributed by atoms with Crippen LogP contribution < -0.4 is 11.1 Å². The van der Waals surface area contributed by atoms with Gasteiger partial charge in [0.1, 0.15) is 0 Å². The number of rotatable bonds is 3. The Kier molecular flexibility index (Phi) is 4.42. The van der Waals surface area contributed by atoms with Crippen LogP contribution in [0.2, 0.25) is 0 Å². The van der Waals surface area contributed by atoms with Gasteiger partial charge in [0.05, 0.1) is 5.56 Å². The number of hydrogen-bond acceptors (Lipinski definition) is 4. The molecule has 3 rings (SSSR count). The zero-order valence-corrected chi connectivity index (χ0v) is 13.8. The molecule has 2 aromatic carbocycles. The van der Waals surface area contributed by atoms with E-state index in [9.17, 15) is 9.59 Å². The highest BCUT2D eigenvalue weighted by Crippen LogP contribution is 2.31. The third-order valence-electron chi connectivity index (χ3n) is 4.50. The van der Waals surface area contributed by atoms with Gasteiger partial charge in [-0.1, -0.05) is 30.7 Å². The Bertz CT molecular complexity index is 779. The third-order valence-corrected chi connectivity index (χ3v) is 4.50. The number of carbonyl (C=O) groups is 2. The summed E-state index contributed by atoms with van der Waals surface area (Å²) in [7, 11) is 0. The normalized spacial score (nSPS) is 16.5. The van der Waals surface area contributed by atoms with Crippen molar-refractivity contribution in [2.75, 3.05) is 5.73 Å². The lowest BCUT2D eigenvalue weighted by Gasteiger charge is -2.37. The smallest absolute Gasteiger partial charge is 0.304 e. The molecule has 1 aliphatic carbocycles. The molecule has 0 aliphatic heterocycles. The Labute approximate surface area is 141 Å². The molecule has 5 nitrogen and oxygen atoms in total. The van der Waals surface area contributed by atoms with Gasteiger partial charge in [-0.25, -0.2) is 0 Å². The van der Waals surface area contributed by atoms with Crippen molar-refractivity contribution in [3.8, 4) is 0 Å². The summed E-state index contributed by atoms with van der Waals surface area (Å²) in [6.07, 6.45) is 4.18. The van der Waals surface area contributed by atoms with Gasteiger partial charge in [-0.3, -0.25) is 9.59 Å². The summed E-state index contributed by atoms with van der Waals surface area (Å²) in [5.74, 6) is -0.690. The molecule has 1 fully saturated rings. The van der Waals surface area contributed by atoms with Crippen LogP contribution in [0.5, 0.6) is 0 Å². The number of ether oxygens (including phenoxy) is 1. The minimum Gasteiger partial charge on any atom is -0.439 e. The molecule has 0 saturated heterocycles. The van der Waals surface area contributed by atoms with Gasteiger partial charge in [-0.15, -0.1) is 0 Å². The van der Waals surface area contributed by atoms with Crippen LogP contribution >= 0.6 is 0 Å². The maximum Gasteiger partial charge on any atom is 0.304 e. The fourth-order valence-corrected chi connectivity index (χ4v) is 3.38. The Balaban J connectivity index is 1.90. The van der Waals surface area contributed by atoms with Crippen molar-refractivity contribution < 1.29 is 14.3 Å². The van der Waals surface area contributed by atoms with Crippen molar-refractivity contribution in [1.29, 1.82) is 0 Å². The number of nitrogen functional groups attached to an aromatic ring is 1. The summed E-state index contributed by atoms with van der Waals surface area (Å²) in [6, 6.07) is 11.3. The first-order valence-electron chi connectivity index (χ1n) is 8.29. The molecule has 3 N–H and O–H groups in total. The van der Waals surface area contributed by atoms with Gasteiger partial charge in [-0.2, -0.15) is 0 Å². The minimum absolute atomic E-state index is 0.304. The second-order valence-corrected chi connectivity index (χ2v) is 6.39. The first-order valence-corrected chi connectivity index (χ1v) is 8.29. The van der Waals surface area contributed by atoms with E-state index in [1.54, 1.807) is 12.1 Å². The average molecular weight is 326 g/mol. The van der Waals surface area contributed by atoms with Crippen LogP contribution in [-0.2, 0) is 9.53 Å². The second-order valence-electron chi connectivity index (χ2n) is 6.39. The highest BCUT2D eigenvalue weighted by atomic mass is 16.6. The second kappa shape index (κ2) is 6.51. The van der Waals surface area contributed by atoms with E-state index < -0.39 is 5.72 Å². The average Bonchev–Trinajstić information content (AvgIpc) is 2.54. The fourth-order valence-electron chi connectivity index (χ4n) is 3.38. The van der Waals surface area contributed by atoms with Crippen molar-refractivity contribution in [2.45, 2.75) is 44.8 Å². The number of fused-ring (bicyclic) bond motifs is 1. The third kappa shape index (κ3) is 3.35. The molecule has 0 aromatic heterocycles. The number of hydrogen-bond donors (Lipinski definition) is 2. The lowest BCUT2D eigenvalue weighted by Crippen LogP contribution is -2.52. The van der Waals surface area contributed by atoms with E-state index in [1.165, 1.54) is 6.92 Å². The van der Waals surface area contributed by atoms with E-state index in [0.717, 1.165) is 30.0 Å². The molecule has 0 radical (unpaired) electrons. The van der Waals surface area contributed by atoms with E-state index in [2.05, 4.69) is 5.32 Å². The number of esters is 1. The van der Waals surface area contributed by atoms with E-state index in [0.29, 0.717) is 24.1 Å². The summed E-state index contributed by atoms with van der Waals surface area (Å²) in [5.41, 5.74) is 5.98. The summed E-state index contributed by atoms with van der Waals surface area (Å²) in [6.45, 7) is 1.37. The topological polar surface area (TPSA) is 81.4 Å². The van der Waals surface area contributed by atoms with E-state index in [-0.39, 0.29) is 11.9 Å². The lowest BCUT2D eigenvalue weighted by atomic mass is 9.91. The quantitative estimate of drug-likeness (QED) is 0.515. The van der Waals surface area contributed by atoms with Crippen molar-refractivity contribution >= 4 is 28.3 Å². The zero-order chi connectivity index (χ0) is 17.2. The summed E-state index contributed by atoms with van der Waals surface area (Å²) in [5, 5.41) is 4.85. The molecule has 0 heterocycles. The van der Waals surface area contributed by atoms with Gasteiger partial charge in [0, 0.05) is 25.5 Å². The Morgan fingerprint density at radius 3 is 2.33 bits per heavy atom. The first kappa shape index (κ1) is 16.3. The molecule has 2 aromatic rings. The number of amides is 1. The molecular weight excluding hydrogens is 304 g/mol. The monoisotopic (exact) mass is 326 g/mol. The molecule has 1 saturated carbocycles. The van der Waals surface area contributed by atoms with Crippen LogP contribution in [-0.4, -0.2) is 17.6 Å². The summed E-state index contributed by atoms with van der Waals surface area (Å²) in [4.78, 5) is 24.3. The predicted molar refractivity (Wildman–Crippen MR) is 93.4 cm³/mol. The van der Waals surface area contributed by atoms with E-state index in [4.69, 9.17) is 10.5 Å².